The summed E-state index contributed by atoms with van der Waals surface area (Å²) in [6.07, 6.45) is 4.71. The van der Waals surface area contributed by atoms with Crippen LogP contribution in [0.15, 0.2) is 29.9 Å². The van der Waals surface area contributed by atoms with Gasteiger partial charge in [-0.2, -0.15) is 9.90 Å². The number of tetrazole rings is 1. The summed E-state index contributed by atoms with van der Waals surface area (Å²) in [5, 5.41) is 18.6. The second kappa shape index (κ2) is 4.69. The van der Waals surface area contributed by atoms with E-state index in [4.69, 9.17) is 0 Å². The fraction of sp³-hybridized carbons (Fsp3) is 0.273. The SMILES string of the molecule is Cn1cc(CCn2nnc(-c3cccs3)n2)cn1. The summed E-state index contributed by atoms with van der Waals surface area (Å²) in [5.74, 6) is 0.691. The maximum Gasteiger partial charge on any atom is 0.214 e. The van der Waals surface area contributed by atoms with Crippen molar-refractivity contribution >= 4 is 11.3 Å². The van der Waals surface area contributed by atoms with E-state index in [-0.39, 0.29) is 0 Å². The molecule has 0 aliphatic heterocycles. The highest BCUT2D eigenvalue weighted by Gasteiger charge is 2.06. The molecule has 0 fully saturated rings. The van der Waals surface area contributed by atoms with Gasteiger partial charge in [-0.1, -0.05) is 6.07 Å². The van der Waals surface area contributed by atoms with E-state index in [2.05, 4.69) is 20.5 Å². The topological polar surface area (TPSA) is 61.4 Å². The maximum atomic E-state index is 4.35. The van der Waals surface area contributed by atoms with Crippen LogP contribution in [0.1, 0.15) is 5.56 Å². The highest BCUT2D eigenvalue weighted by atomic mass is 32.1. The van der Waals surface area contributed by atoms with E-state index < -0.39 is 0 Å². The van der Waals surface area contributed by atoms with E-state index in [0.717, 1.165) is 11.3 Å². The maximum absolute atomic E-state index is 4.35. The standard InChI is InChI=1S/C11H12N6S/c1-16-8-9(7-12-16)4-5-17-14-11(13-15-17)10-3-2-6-18-10/h2-3,6-8H,4-5H2,1H3. The molecule has 0 spiro atoms. The first-order valence-electron chi connectivity index (χ1n) is 5.60. The van der Waals surface area contributed by atoms with Crippen LogP contribution in [-0.4, -0.2) is 30.0 Å². The van der Waals surface area contributed by atoms with Gasteiger partial charge in [0, 0.05) is 13.2 Å². The Morgan fingerprint density at radius 1 is 1.39 bits per heavy atom. The number of hydrogen-bond donors (Lipinski definition) is 0. The van der Waals surface area contributed by atoms with Crippen LogP contribution < -0.4 is 0 Å². The van der Waals surface area contributed by atoms with Gasteiger partial charge in [0.15, 0.2) is 0 Å². The quantitative estimate of drug-likeness (QED) is 0.711. The minimum absolute atomic E-state index is 0.691. The molecular formula is C11H12N6S. The van der Waals surface area contributed by atoms with Gasteiger partial charge in [0.1, 0.15) is 0 Å². The number of aryl methyl sites for hydroxylation is 3. The number of rotatable bonds is 4. The summed E-state index contributed by atoms with van der Waals surface area (Å²) in [7, 11) is 1.91. The lowest BCUT2D eigenvalue weighted by Gasteiger charge is -1.95. The molecule has 0 atom stereocenters. The van der Waals surface area contributed by atoms with Crippen LogP contribution in [0.25, 0.3) is 10.7 Å². The number of thiophene rings is 1. The highest BCUT2D eigenvalue weighted by Crippen LogP contribution is 2.19. The second-order valence-electron chi connectivity index (χ2n) is 3.96. The molecule has 0 unspecified atom stereocenters. The average Bonchev–Trinajstić information content (AvgIpc) is 3.07. The van der Waals surface area contributed by atoms with Crippen molar-refractivity contribution in [1.29, 1.82) is 0 Å². The van der Waals surface area contributed by atoms with Crippen LogP contribution in [0.5, 0.6) is 0 Å². The van der Waals surface area contributed by atoms with Gasteiger partial charge in [-0.25, -0.2) is 0 Å². The normalized spacial score (nSPS) is 10.9. The first-order valence-corrected chi connectivity index (χ1v) is 6.48. The van der Waals surface area contributed by atoms with E-state index in [1.807, 2.05) is 37.0 Å². The third-order valence-electron chi connectivity index (χ3n) is 2.55. The summed E-state index contributed by atoms with van der Waals surface area (Å²) in [4.78, 5) is 2.67. The molecule has 0 saturated carbocycles. The van der Waals surface area contributed by atoms with E-state index in [1.54, 1.807) is 20.8 Å². The van der Waals surface area contributed by atoms with Gasteiger partial charge in [-0.15, -0.1) is 21.5 Å². The molecule has 0 radical (unpaired) electrons. The Labute approximate surface area is 108 Å². The summed E-state index contributed by atoms with van der Waals surface area (Å²) >= 11 is 1.62. The second-order valence-corrected chi connectivity index (χ2v) is 4.91. The summed E-state index contributed by atoms with van der Waals surface area (Å²) in [5.41, 5.74) is 1.17. The zero-order valence-electron chi connectivity index (χ0n) is 9.89. The minimum Gasteiger partial charge on any atom is -0.276 e. The van der Waals surface area contributed by atoms with Crippen LogP contribution in [0.4, 0.5) is 0 Å². The van der Waals surface area contributed by atoms with Gasteiger partial charge < -0.3 is 0 Å². The Kier molecular flexibility index (Phi) is 2.89. The lowest BCUT2D eigenvalue weighted by atomic mass is 10.3. The third kappa shape index (κ3) is 2.30. The summed E-state index contributed by atoms with van der Waals surface area (Å²) in [6, 6.07) is 3.98. The molecule has 3 aromatic heterocycles. The van der Waals surface area contributed by atoms with Crippen molar-refractivity contribution < 1.29 is 0 Å². The van der Waals surface area contributed by atoms with E-state index in [0.29, 0.717) is 12.4 Å². The van der Waals surface area contributed by atoms with Crippen molar-refractivity contribution in [3.05, 3.63) is 35.5 Å². The summed E-state index contributed by atoms with van der Waals surface area (Å²) < 4.78 is 1.79. The fourth-order valence-electron chi connectivity index (χ4n) is 1.67. The molecule has 7 heteroatoms. The van der Waals surface area contributed by atoms with Crippen LogP contribution in [0.2, 0.25) is 0 Å². The third-order valence-corrected chi connectivity index (χ3v) is 3.42. The summed E-state index contributed by atoms with van der Waals surface area (Å²) in [6.45, 7) is 0.712. The molecule has 18 heavy (non-hydrogen) atoms. The average molecular weight is 260 g/mol. The van der Waals surface area contributed by atoms with Crippen LogP contribution in [0, 0.1) is 0 Å². The van der Waals surface area contributed by atoms with Gasteiger partial charge in [0.25, 0.3) is 0 Å². The lowest BCUT2D eigenvalue weighted by Crippen LogP contribution is -2.05. The molecule has 3 aromatic rings. The molecule has 0 amide bonds. The van der Waals surface area contributed by atoms with Gasteiger partial charge in [0.2, 0.25) is 5.82 Å². The monoisotopic (exact) mass is 260 g/mol. The highest BCUT2D eigenvalue weighted by molar-refractivity contribution is 7.13. The van der Waals surface area contributed by atoms with Gasteiger partial charge in [-0.05, 0) is 28.6 Å². The van der Waals surface area contributed by atoms with Gasteiger partial charge in [0.05, 0.1) is 17.6 Å². The fourth-order valence-corrected chi connectivity index (χ4v) is 2.32. The number of hydrogen-bond acceptors (Lipinski definition) is 5. The van der Waals surface area contributed by atoms with Crippen molar-refractivity contribution in [2.45, 2.75) is 13.0 Å². The largest absolute Gasteiger partial charge is 0.276 e. The van der Waals surface area contributed by atoms with Crippen molar-refractivity contribution in [3.8, 4) is 10.7 Å². The zero-order chi connectivity index (χ0) is 12.4. The number of nitrogens with zero attached hydrogens (tertiary/aromatic N) is 6. The smallest absolute Gasteiger partial charge is 0.214 e. The van der Waals surface area contributed by atoms with Crippen LogP contribution >= 0.6 is 11.3 Å². The molecule has 6 nitrogen and oxygen atoms in total. The zero-order valence-corrected chi connectivity index (χ0v) is 10.7. The Morgan fingerprint density at radius 3 is 3.06 bits per heavy atom. The molecular weight excluding hydrogens is 248 g/mol. The van der Waals surface area contributed by atoms with Gasteiger partial charge >= 0.3 is 0 Å². The molecule has 0 aliphatic rings. The Bertz CT molecular complexity index is 624. The van der Waals surface area contributed by atoms with Crippen molar-refractivity contribution in [2.24, 2.45) is 7.05 Å². The Hall–Kier alpha value is -2.02. The van der Waals surface area contributed by atoms with Gasteiger partial charge in [-0.3, -0.25) is 4.68 Å². The first-order chi connectivity index (χ1) is 8.81. The Balaban J connectivity index is 1.67. The predicted molar refractivity (Wildman–Crippen MR) is 68.0 cm³/mol. The molecule has 92 valence electrons. The van der Waals surface area contributed by atoms with Crippen molar-refractivity contribution in [3.63, 3.8) is 0 Å². The lowest BCUT2D eigenvalue weighted by molar-refractivity contribution is 0.523. The molecule has 0 bridgehead atoms. The molecule has 0 saturated heterocycles. The van der Waals surface area contributed by atoms with Crippen molar-refractivity contribution in [2.75, 3.05) is 0 Å². The molecule has 3 rings (SSSR count). The Morgan fingerprint density at radius 2 is 2.33 bits per heavy atom. The first kappa shape index (κ1) is 11.1. The van der Waals surface area contributed by atoms with E-state index >= 15 is 0 Å². The van der Waals surface area contributed by atoms with E-state index in [9.17, 15) is 0 Å². The van der Waals surface area contributed by atoms with Crippen LogP contribution in [-0.2, 0) is 20.0 Å². The predicted octanol–water partition coefficient (Wildman–Crippen LogP) is 1.38. The van der Waals surface area contributed by atoms with Crippen molar-refractivity contribution in [1.82, 2.24) is 30.0 Å². The minimum atomic E-state index is 0.691. The molecule has 0 N–H and O–H groups in total. The molecule has 3 heterocycles. The molecule has 0 aromatic carbocycles. The van der Waals surface area contributed by atoms with E-state index in [1.165, 1.54) is 5.56 Å². The van der Waals surface area contributed by atoms with Crippen LogP contribution in [0.3, 0.4) is 0 Å². The molecule has 0 aliphatic carbocycles. The number of aromatic nitrogens is 6.